The number of methoxy groups -OCH3 is 2. The lowest BCUT2D eigenvalue weighted by atomic mass is 10.0. The van der Waals surface area contributed by atoms with Crippen molar-refractivity contribution in [3.63, 3.8) is 0 Å². The maximum absolute atomic E-state index is 12.4. The molecule has 0 radical (unpaired) electrons. The lowest BCUT2D eigenvalue weighted by Gasteiger charge is -2.30. The van der Waals surface area contributed by atoms with Crippen molar-refractivity contribution < 1.29 is 24.1 Å². The summed E-state index contributed by atoms with van der Waals surface area (Å²) < 4.78 is 10.9. The summed E-state index contributed by atoms with van der Waals surface area (Å²) >= 11 is 0. The van der Waals surface area contributed by atoms with Crippen LogP contribution in [-0.2, 0) is 11.3 Å². The fraction of sp³-hybridized carbons (Fsp3) is 0.480. The quantitative estimate of drug-likeness (QED) is 0.537. The van der Waals surface area contributed by atoms with Crippen LogP contribution in [0.25, 0.3) is 0 Å². The van der Waals surface area contributed by atoms with E-state index < -0.39 is 0 Å². The molecule has 0 unspecified atom stereocenters. The number of nitrogens with one attached hydrogen (secondary N) is 3. The maximum Gasteiger partial charge on any atom is 0.275 e. The summed E-state index contributed by atoms with van der Waals surface area (Å²) in [4.78, 5) is 15.4. The molecular weight excluding hydrogens is 390 g/mol. The number of carbonyl (C=O) groups is 1. The summed E-state index contributed by atoms with van der Waals surface area (Å²) in [5.41, 5.74) is 3.79. The molecule has 3 N–H and O–H groups in total. The smallest absolute Gasteiger partial charge is 0.275 e. The average molecular weight is 428 g/mol. The Labute approximate surface area is 186 Å². The summed E-state index contributed by atoms with van der Waals surface area (Å²) in [5.74, 6) is 2.04. The van der Waals surface area contributed by atoms with Crippen LogP contribution in [-0.4, -0.2) is 59.4 Å². The van der Waals surface area contributed by atoms with E-state index in [1.165, 1.54) is 21.6 Å². The van der Waals surface area contributed by atoms with Crippen molar-refractivity contribution in [2.75, 3.05) is 53.5 Å². The predicted octanol–water partition coefficient (Wildman–Crippen LogP) is 0.216. The van der Waals surface area contributed by atoms with Crippen LogP contribution < -0.4 is 24.6 Å². The molecule has 6 nitrogen and oxygen atoms in total. The second kappa shape index (κ2) is 11.2. The van der Waals surface area contributed by atoms with Crippen LogP contribution >= 0.6 is 0 Å². The third kappa shape index (κ3) is 6.45. The van der Waals surface area contributed by atoms with Gasteiger partial charge in [0.05, 0.1) is 14.2 Å². The molecule has 0 aliphatic carbocycles. The molecular formula is C25H37N3O3+2. The lowest BCUT2D eigenvalue weighted by molar-refractivity contribution is -1.02. The zero-order chi connectivity index (χ0) is 22.2. The minimum atomic E-state index is 0.150. The molecule has 31 heavy (non-hydrogen) atoms. The monoisotopic (exact) mass is 427 g/mol. The minimum Gasteiger partial charge on any atom is -0.493 e. The number of aryl methyl sites for hydroxylation is 1. The van der Waals surface area contributed by atoms with E-state index in [1.807, 2.05) is 18.2 Å². The number of piperazine rings is 1. The SMILES string of the molecule is COc1cc(C)c(C[NH+]2CC[NH+](CC(=O)NC[C@@H](C)c3ccccc3)CC2)cc1OC. The molecule has 0 bridgehead atoms. The first-order valence-corrected chi connectivity index (χ1v) is 11.2. The first-order valence-electron chi connectivity index (χ1n) is 11.2. The summed E-state index contributed by atoms with van der Waals surface area (Å²) in [6.45, 7) is 10.7. The molecule has 2 aromatic carbocycles. The van der Waals surface area contributed by atoms with Crippen molar-refractivity contribution in [2.45, 2.75) is 26.3 Å². The Hall–Kier alpha value is -2.57. The highest BCUT2D eigenvalue weighted by atomic mass is 16.5. The Kier molecular flexibility index (Phi) is 8.32. The maximum atomic E-state index is 12.4. The van der Waals surface area contributed by atoms with E-state index in [2.05, 4.69) is 43.4 Å². The van der Waals surface area contributed by atoms with Crippen molar-refractivity contribution in [3.05, 3.63) is 59.2 Å². The highest BCUT2D eigenvalue weighted by Gasteiger charge is 2.25. The molecule has 1 amide bonds. The molecule has 1 atom stereocenters. The third-order valence-electron chi connectivity index (χ3n) is 6.33. The third-order valence-corrected chi connectivity index (χ3v) is 6.33. The van der Waals surface area contributed by atoms with Gasteiger partial charge in [-0.05, 0) is 36.1 Å². The Morgan fingerprint density at radius 2 is 1.61 bits per heavy atom. The van der Waals surface area contributed by atoms with Gasteiger partial charge >= 0.3 is 0 Å². The molecule has 0 spiro atoms. The Balaban J connectivity index is 1.43. The fourth-order valence-electron chi connectivity index (χ4n) is 4.25. The number of quaternary nitrogens is 2. The molecule has 0 saturated carbocycles. The van der Waals surface area contributed by atoms with Crippen molar-refractivity contribution in [3.8, 4) is 11.5 Å². The van der Waals surface area contributed by atoms with E-state index in [-0.39, 0.29) is 5.91 Å². The second-order valence-electron chi connectivity index (χ2n) is 8.60. The number of rotatable bonds is 9. The van der Waals surface area contributed by atoms with Crippen LogP contribution in [0, 0.1) is 6.92 Å². The Bertz CT molecular complexity index is 849. The molecule has 168 valence electrons. The molecule has 0 aromatic heterocycles. The standard InChI is InChI=1S/C25H35N3O3/c1-19-14-23(30-3)24(31-4)15-22(19)17-27-10-12-28(13-11-27)18-25(29)26-16-20(2)21-8-6-5-7-9-21/h5-9,14-15,20H,10-13,16-18H2,1-4H3,(H,26,29)/p+2/t20-/m1/s1. The summed E-state index contributed by atoms with van der Waals surface area (Å²) in [7, 11) is 3.35. The fourth-order valence-corrected chi connectivity index (χ4v) is 4.25. The largest absolute Gasteiger partial charge is 0.493 e. The zero-order valence-corrected chi connectivity index (χ0v) is 19.3. The number of hydrogen-bond acceptors (Lipinski definition) is 3. The van der Waals surface area contributed by atoms with E-state index in [9.17, 15) is 4.79 Å². The van der Waals surface area contributed by atoms with Crippen molar-refractivity contribution >= 4 is 5.91 Å². The van der Waals surface area contributed by atoms with Crippen molar-refractivity contribution in [2.24, 2.45) is 0 Å². The predicted molar refractivity (Wildman–Crippen MR) is 122 cm³/mol. The molecule has 1 aliphatic heterocycles. The number of ether oxygens (including phenoxy) is 2. The van der Waals surface area contributed by atoms with E-state index in [0.29, 0.717) is 19.0 Å². The molecule has 1 heterocycles. The topological polar surface area (TPSA) is 56.4 Å². The van der Waals surface area contributed by atoms with Crippen LogP contribution in [0.3, 0.4) is 0 Å². The molecule has 6 heteroatoms. The van der Waals surface area contributed by atoms with E-state index in [4.69, 9.17) is 9.47 Å². The van der Waals surface area contributed by atoms with E-state index >= 15 is 0 Å². The first kappa shape index (κ1) is 23.1. The second-order valence-corrected chi connectivity index (χ2v) is 8.60. The van der Waals surface area contributed by atoms with Crippen LogP contribution in [0.15, 0.2) is 42.5 Å². The van der Waals surface area contributed by atoms with Gasteiger partial charge < -0.3 is 24.6 Å². The van der Waals surface area contributed by atoms with Crippen molar-refractivity contribution in [1.82, 2.24) is 5.32 Å². The van der Waals surface area contributed by atoms with Gasteiger partial charge in [0.1, 0.15) is 32.7 Å². The molecule has 1 aliphatic rings. The number of hydrogen-bond donors (Lipinski definition) is 3. The molecule has 2 aromatic rings. The van der Waals surface area contributed by atoms with Crippen LogP contribution in [0.5, 0.6) is 11.5 Å². The van der Waals surface area contributed by atoms with Gasteiger partial charge in [-0.1, -0.05) is 37.3 Å². The van der Waals surface area contributed by atoms with Gasteiger partial charge in [0.25, 0.3) is 5.91 Å². The first-order chi connectivity index (χ1) is 15.0. The van der Waals surface area contributed by atoms with Gasteiger partial charge in [-0.15, -0.1) is 0 Å². The average Bonchev–Trinajstić information content (AvgIpc) is 2.80. The number of carbonyl (C=O) groups excluding carboxylic acids is 1. The summed E-state index contributed by atoms with van der Waals surface area (Å²) in [5, 5.41) is 3.12. The highest BCUT2D eigenvalue weighted by molar-refractivity contribution is 5.76. The van der Waals surface area contributed by atoms with Gasteiger partial charge in [0.2, 0.25) is 0 Å². The lowest BCUT2D eigenvalue weighted by Crippen LogP contribution is -3.28. The Morgan fingerprint density at radius 3 is 2.26 bits per heavy atom. The minimum absolute atomic E-state index is 0.150. The number of benzene rings is 2. The van der Waals surface area contributed by atoms with Gasteiger partial charge in [0, 0.05) is 12.1 Å². The molecule has 1 fully saturated rings. The van der Waals surface area contributed by atoms with Gasteiger partial charge in [-0.25, -0.2) is 0 Å². The van der Waals surface area contributed by atoms with Crippen LogP contribution in [0.2, 0.25) is 0 Å². The van der Waals surface area contributed by atoms with Crippen LogP contribution in [0.1, 0.15) is 29.5 Å². The highest BCUT2D eigenvalue weighted by Crippen LogP contribution is 2.29. The summed E-state index contributed by atoms with van der Waals surface area (Å²) in [6, 6.07) is 14.5. The normalized spacial score (nSPS) is 19.5. The zero-order valence-electron chi connectivity index (χ0n) is 19.3. The van der Waals surface area contributed by atoms with Gasteiger partial charge in [-0.2, -0.15) is 0 Å². The molecule has 1 saturated heterocycles. The van der Waals surface area contributed by atoms with E-state index in [1.54, 1.807) is 19.1 Å². The number of amides is 1. The Morgan fingerprint density at radius 1 is 1.00 bits per heavy atom. The van der Waals surface area contributed by atoms with Crippen LogP contribution in [0.4, 0.5) is 0 Å². The van der Waals surface area contributed by atoms with E-state index in [0.717, 1.165) is 44.2 Å². The van der Waals surface area contributed by atoms with Gasteiger partial charge in [0.15, 0.2) is 18.0 Å². The molecule has 3 rings (SSSR count). The van der Waals surface area contributed by atoms with Crippen molar-refractivity contribution in [1.29, 1.82) is 0 Å². The summed E-state index contributed by atoms with van der Waals surface area (Å²) in [6.07, 6.45) is 0. The van der Waals surface area contributed by atoms with Gasteiger partial charge in [-0.3, -0.25) is 4.79 Å².